The third kappa shape index (κ3) is 4.81. The number of fused-ring (bicyclic) bond motifs is 1. The molecule has 1 saturated heterocycles. The number of rotatable bonds is 7. The lowest BCUT2D eigenvalue weighted by Gasteiger charge is -2.28. The number of thiazole rings is 1. The Morgan fingerprint density at radius 1 is 1.17 bits per heavy atom. The van der Waals surface area contributed by atoms with Gasteiger partial charge in [-0.05, 0) is 42.7 Å². The normalized spacial score (nSPS) is 16.6. The number of methoxy groups -OCH3 is 1. The Morgan fingerprint density at radius 2 is 1.97 bits per heavy atom. The molecule has 1 aliphatic rings. The van der Waals surface area contributed by atoms with Crippen molar-refractivity contribution < 1.29 is 17.9 Å². The van der Waals surface area contributed by atoms with Gasteiger partial charge in [-0.2, -0.15) is 4.31 Å². The number of anilines is 1. The maximum Gasteiger partial charge on any atom is 0.253 e. The van der Waals surface area contributed by atoms with Crippen molar-refractivity contribution in [3.8, 4) is 5.75 Å². The summed E-state index contributed by atoms with van der Waals surface area (Å²) in [6.07, 6.45) is 1.05. The summed E-state index contributed by atoms with van der Waals surface area (Å²) in [6, 6.07) is 17.4. The second-order valence-corrected chi connectivity index (χ2v) is 12.9. The van der Waals surface area contributed by atoms with E-state index in [-0.39, 0.29) is 23.2 Å². The summed E-state index contributed by atoms with van der Waals surface area (Å²) in [5.41, 5.74) is 1.65. The van der Waals surface area contributed by atoms with E-state index < -0.39 is 16.1 Å². The van der Waals surface area contributed by atoms with E-state index in [1.807, 2.05) is 48.5 Å². The van der Waals surface area contributed by atoms with Crippen LogP contribution in [0.3, 0.4) is 0 Å². The average Bonchev–Trinajstić information content (AvgIpc) is 3.61. The van der Waals surface area contributed by atoms with Crippen molar-refractivity contribution in [2.75, 3.05) is 18.6 Å². The molecule has 35 heavy (non-hydrogen) atoms. The quantitative estimate of drug-likeness (QED) is 0.309. The van der Waals surface area contributed by atoms with Crippen molar-refractivity contribution in [3.63, 3.8) is 0 Å². The van der Waals surface area contributed by atoms with Crippen LogP contribution < -0.4 is 9.64 Å². The van der Waals surface area contributed by atoms with E-state index >= 15 is 0 Å². The van der Waals surface area contributed by atoms with Gasteiger partial charge in [0.25, 0.3) is 10.0 Å². The Hall–Kier alpha value is -2.50. The monoisotopic (exact) mass is 547 g/mol. The van der Waals surface area contributed by atoms with Gasteiger partial charge >= 0.3 is 0 Å². The van der Waals surface area contributed by atoms with Crippen molar-refractivity contribution in [2.45, 2.75) is 29.6 Å². The molecule has 0 spiro atoms. The first-order valence-corrected chi connectivity index (χ1v) is 14.4. The van der Waals surface area contributed by atoms with E-state index in [0.29, 0.717) is 28.1 Å². The molecule has 182 valence electrons. The maximum atomic E-state index is 14.0. The summed E-state index contributed by atoms with van der Waals surface area (Å²) in [5, 5.41) is 0.519. The lowest BCUT2D eigenvalue weighted by Crippen LogP contribution is -2.47. The van der Waals surface area contributed by atoms with E-state index in [4.69, 9.17) is 21.3 Å². The van der Waals surface area contributed by atoms with E-state index in [2.05, 4.69) is 0 Å². The molecule has 0 N–H and O–H groups in total. The second kappa shape index (κ2) is 9.87. The van der Waals surface area contributed by atoms with E-state index in [1.54, 1.807) is 18.1 Å². The smallest absolute Gasteiger partial charge is 0.253 e. The number of amides is 1. The van der Waals surface area contributed by atoms with Gasteiger partial charge in [0.05, 0.1) is 28.2 Å². The van der Waals surface area contributed by atoms with E-state index in [1.165, 1.54) is 21.7 Å². The molecular formula is C24H22ClN3O4S3. The standard InChI is InChI=1S/C24H22ClN3O4S3/c1-32-17-9-10-20-18(14-17)26-24(33-20)27(15-16-6-3-2-4-7-16)23(29)19-8-5-13-28(19)35(30,31)22-12-11-21(25)34-22/h2-4,6-7,9-12,14,19H,5,8,13,15H2,1H3. The van der Waals surface area contributed by atoms with Crippen molar-refractivity contribution in [1.82, 2.24) is 9.29 Å². The van der Waals surface area contributed by atoms with Gasteiger partial charge in [0.2, 0.25) is 5.91 Å². The van der Waals surface area contributed by atoms with Crippen LogP contribution in [0.15, 0.2) is 64.9 Å². The highest BCUT2D eigenvalue weighted by Crippen LogP contribution is 2.36. The SMILES string of the molecule is COc1ccc2sc(N(Cc3ccccc3)C(=O)C3CCCN3S(=O)(=O)c3ccc(Cl)s3)nc2c1. The summed E-state index contributed by atoms with van der Waals surface area (Å²) < 4.78 is 34.8. The molecule has 1 amide bonds. The highest BCUT2D eigenvalue weighted by Gasteiger charge is 2.42. The zero-order valence-corrected chi connectivity index (χ0v) is 22.0. The van der Waals surface area contributed by atoms with Crippen LogP contribution in [0.4, 0.5) is 5.13 Å². The Kier molecular flexibility index (Phi) is 6.82. The van der Waals surface area contributed by atoms with Crippen molar-refractivity contribution in [1.29, 1.82) is 0 Å². The first kappa shape index (κ1) is 24.2. The Labute approximate surface area is 216 Å². The largest absolute Gasteiger partial charge is 0.497 e. The van der Waals surface area contributed by atoms with Crippen LogP contribution >= 0.6 is 34.3 Å². The van der Waals surface area contributed by atoms with Gasteiger partial charge in [0.15, 0.2) is 5.13 Å². The summed E-state index contributed by atoms with van der Waals surface area (Å²) in [7, 11) is -2.26. The zero-order valence-electron chi connectivity index (χ0n) is 18.8. The van der Waals surface area contributed by atoms with E-state index in [9.17, 15) is 13.2 Å². The Bertz CT molecular complexity index is 1470. The minimum atomic E-state index is -3.85. The fraction of sp³-hybridized carbons (Fsp3) is 0.250. The first-order chi connectivity index (χ1) is 16.9. The van der Waals surface area contributed by atoms with Crippen LogP contribution in [0.1, 0.15) is 18.4 Å². The molecule has 0 aliphatic carbocycles. The van der Waals surface area contributed by atoms with Crippen LogP contribution in [0.2, 0.25) is 4.34 Å². The summed E-state index contributed by atoms with van der Waals surface area (Å²) in [4.78, 5) is 20.3. The summed E-state index contributed by atoms with van der Waals surface area (Å²) in [5.74, 6) is 0.390. The molecule has 7 nitrogen and oxygen atoms in total. The summed E-state index contributed by atoms with van der Waals surface area (Å²) in [6.45, 7) is 0.566. The molecule has 2 aromatic carbocycles. The van der Waals surface area contributed by atoms with Crippen molar-refractivity contribution in [3.05, 3.63) is 70.6 Å². The maximum absolute atomic E-state index is 14.0. The molecule has 5 rings (SSSR count). The first-order valence-electron chi connectivity index (χ1n) is 10.9. The van der Waals surface area contributed by atoms with Crippen LogP contribution in [0, 0.1) is 0 Å². The van der Waals surface area contributed by atoms with Crippen LogP contribution in [-0.4, -0.2) is 43.3 Å². The Balaban J connectivity index is 1.52. The summed E-state index contributed by atoms with van der Waals surface area (Å²) >= 11 is 8.39. The Morgan fingerprint density at radius 3 is 2.69 bits per heavy atom. The third-order valence-corrected chi connectivity index (χ3v) is 10.5. The molecule has 1 atom stereocenters. The number of sulfonamides is 1. The number of ether oxygens (including phenoxy) is 1. The van der Waals surface area contributed by atoms with Crippen molar-refractivity contribution >= 4 is 65.6 Å². The van der Waals surface area contributed by atoms with Crippen molar-refractivity contribution in [2.24, 2.45) is 0 Å². The molecule has 4 aromatic rings. The molecule has 0 saturated carbocycles. The van der Waals surface area contributed by atoms with Gasteiger partial charge in [-0.1, -0.05) is 53.3 Å². The second-order valence-electron chi connectivity index (χ2n) is 8.07. The van der Waals surface area contributed by atoms with Crippen LogP contribution in [-0.2, 0) is 21.4 Å². The van der Waals surface area contributed by atoms with E-state index in [0.717, 1.165) is 27.1 Å². The van der Waals surface area contributed by atoms with Crippen LogP contribution in [0.25, 0.3) is 10.2 Å². The number of benzene rings is 2. The number of aromatic nitrogens is 1. The average molecular weight is 548 g/mol. The number of hydrogen-bond donors (Lipinski definition) is 0. The number of thiophene rings is 1. The molecule has 0 radical (unpaired) electrons. The third-order valence-electron chi connectivity index (χ3n) is 5.86. The lowest BCUT2D eigenvalue weighted by molar-refractivity contribution is -0.121. The lowest BCUT2D eigenvalue weighted by atomic mass is 10.1. The number of hydrogen-bond acceptors (Lipinski definition) is 7. The fourth-order valence-electron chi connectivity index (χ4n) is 4.15. The predicted octanol–water partition coefficient (Wildman–Crippen LogP) is 5.41. The number of halogens is 1. The minimum Gasteiger partial charge on any atom is -0.497 e. The fourth-order valence-corrected chi connectivity index (χ4v) is 8.36. The molecule has 0 bridgehead atoms. The number of nitrogens with zero attached hydrogens (tertiary/aromatic N) is 3. The van der Waals surface area contributed by atoms with Gasteiger partial charge in [-0.25, -0.2) is 13.4 Å². The molecule has 3 heterocycles. The van der Waals surface area contributed by atoms with Gasteiger partial charge in [0, 0.05) is 12.6 Å². The highest BCUT2D eigenvalue weighted by molar-refractivity contribution is 7.91. The van der Waals surface area contributed by atoms with Gasteiger partial charge in [-0.15, -0.1) is 11.3 Å². The molecule has 1 fully saturated rings. The number of carbonyl (C=O) groups is 1. The minimum absolute atomic E-state index is 0.142. The van der Waals surface area contributed by atoms with Gasteiger partial charge in [0.1, 0.15) is 16.0 Å². The topological polar surface area (TPSA) is 79.8 Å². The molecule has 2 aromatic heterocycles. The number of carbonyl (C=O) groups excluding carboxylic acids is 1. The molecule has 1 unspecified atom stereocenters. The van der Waals surface area contributed by atoms with Gasteiger partial charge < -0.3 is 4.74 Å². The molecule has 1 aliphatic heterocycles. The molecular weight excluding hydrogens is 526 g/mol. The van der Waals surface area contributed by atoms with Gasteiger partial charge in [-0.3, -0.25) is 9.69 Å². The molecule has 11 heteroatoms. The zero-order chi connectivity index (χ0) is 24.6. The highest BCUT2D eigenvalue weighted by atomic mass is 35.5. The predicted molar refractivity (Wildman–Crippen MR) is 140 cm³/mol. The van der Waals surface area contributed by atoms with Crippen LogP contribution in [0.5, 0.6) is 5.75 Å².